The maximum Gasteiger partial charge on any atom is 0.146 e. The minimum Gasteiger partial charge on any atom is -0.293 e. The van der Waals surface area contributed by atoms with Gasteiger partial charge in [-0.3, -0.25) is 4.40 Å². The molecule has 4 heterocycles. The Labute approximate surface area is 210 Å². The van der Waals surface area contributed by atoms with Gasteiger partial charge < -0.3 is 0 Å². The van der Waals surface area contributed by atoms with E-state index in [2.05, 4.69) is 114 Å². The van der Waals surface area contributed by atoms with Crippen LogP contribution in [0.4, 0.5) is 0 Å². The number of hydrogen-bond acceptors (Lipinski definition) is 2. The van der Waals surface area contributed by atoms with Gasteiger partial charge >= 0.3 is 0 Å². The van der Waals surface area contributed by atoms with E-state index in [1.807, 2.05) is 11.3 Å². The van der Waals surface area contributed by atoms with Crippen LogP contribution in [0.15, 0.2) is 109 Å². The summed E-state index contributed by atoms with van der Waals surface area (Å²) in [6.07, 6.45) is 0. The second-order valence-corrected chi connectivity index (χ2v) is 10.7. The molecule has 0 aliphatic rings. The Balaban J connectivity index is 1.57. The summed E-state index contributed by atoms with van der Waals surface area (Å²) in [5, 5.41) is 9.00. The number of benzene rings is 5. The predicted octanol–water partition coefficient (Wildman–Crippen LogP) is 9.42. The third kappa shape index (κ3) is 2.29. The molecule has 0 radical (unpaired) electrons. The second-order valence-electron chi connectivity index (χ2n) is 9.61. The number of para-hydroxylation sites is 1. The van der Waals surface area contributed by atoms with Crippen molar-refractivity contribution >= 4 is 80.6 Å². The molecule has 9 aromatic rings. The van der Waals surface area contributed by atoms with Crippen molar-refractivity contribution in [1.82, 2.24) is 9.38 Å². The molecule has 0 fully saturated rings. The summed E-state index contributed by atoms with van der Waals surface area (Å²) >= 11 is 1.90. The van der Waals surface area contributed by atoms with E-state index in [0.717, 1.165) is 11.2 Å². The fourth-order valence-corrected chi connectivity index (χ4v) is 7.33. The summed E-state index contributed by atoms with van der Waals surface area (Å²) in [4.78, 5) is 5.22. The van der Waals surface area contributed by atoms with Crippen LogP contribution in [0.1, 0.15) is 0 Å². The lowest BCUT2D eigenvalue weighted by Gasteiger charge is -2.04. The van der Waals surface area contributed by atoms with E-state index in [0.29, 0.717) is 0 Å². The molecule has 0 amide bonds. The van der Waals surface area contributed by atoms with Crippen molar-refractivity contribution in [2.75, 3.05) is 0 Å². The number of fused-ring (bicyclic) bond motifs is 11. The molecule has 0 spiro atoms. The van der Waals surface area contributed by atoms with Gasteiger partial charge in [0.15, 0.2) is 0 Å². The summed E-state index contributed by atoms with van der Waals surface area (Å²) < 4.78 is 5.12. The van der Waals surface area contributed by atoms with Crippen molar-refractivity contribution in [3.05, 3.63) is 109 Å². The molecular weight excluding hydrogens is 456 g/mol. The highest BCUT2D eigenvalue weighted by Crippen LogP contribution is 2.47. The summed E-state index contributed by atoms with van der Waals surface area (Å²) in [6.45, 7) is 0. The minimum atomic E-state index is 1.03. The third-order valence-corrected chi connectivity index (χ3v) is 8.89. The first-order chi connectivity index (χ1) is 17.8. The quantitative estimate of drug-likeness (QED) is 0.232. The van der Waals surface area contributed by atoms with E-state index >= 15 is 0 Å². The van der Waals surface area contributed by atoms with Crippen LogP contribution in [0.2, 0.25) is 0 Å². The molecule has 2 nitrogen and oxygen atoms in total. The van der Waals surface area contributed by atoms with Gasteiger partial charge in [0.2, 0.25) is 0 Å². The number of aromatic nitrogens is 2. The molecule has 4 aromatic heterocycles. The van der Waals surface area contributed by atoms with Crippen molar-refractivity contribution in [2.45, 2.75) is 0 Å². The Hall–Kier alpha value is -4.47. The van der Waals surface area contributed by atoms with Gasteiger partial charge in [0.25, 0.3) is 0 Å². The van der Waals surface area contributed by atoms with Crippen LogP contribution in [-0.2, 0) is 0 Å². The van der Waals surface area contributed by atoms with Gasteiger partial charge in [-0.05, 0) is 41.5 Å². The Morgan fingerprint density at radius 1 is 0.583 bits per heavy atom. The fourth-order valence-electron chi connectivity index (χ4n) is 6.09. The van der Waals surface area contributed by atoms with Crippen LogP contribution < -0.4 is 0 Å². The van der Waals surface area contributed by atoms with Crippen molar-refractivity contribution in [1.29, 1.82) is 0 Å². The van der Waals surface area contributed by atoms with E-state index in [4.69, 9.17) is 4.98 Å². The van der Waals surface area contributed by atoms with Gasteiger partial charge in [0, 0.05) is 47.1 Å². The molecule has 166 valence electrons. The SMILES string of the molecule is c1ccc(-c2ccc3c4c5sc6ccccc6c5cc5c6cc7ccccc7nc6n(c3c2)c54)cc1. The molecule has 0 saturated heterocycles. The molecule has 0 aliphatic heterocycles. The summed E-state index contributed by atoms with van der Waals surface area (Å²) in [6, 6.07) is 39.6. The van der Waals surface area contributed by atoms with Crippen molar-refractivity contribution < 1.29 is 0 Å². The lowest BCUT2D eigenvalue weighted by atomic mass is 10.0. The first kappa shape index (κ1) is 18.8. The van der Waals surface area contributed by atoms with Gasteiger partial charge in [-0.15, -0.1) is 11.3 Å². The van der Waals surface area contributed by atoms with Crippen molar-refractivity contribution in [3.63, 3.8) is 0 Å². The normalized spacial score (nSPS) is 12.4. The zero-order chi connectivity index (χ0) is 23.4. The van der Waals surface area contributed by atoms with E-state index in [1.165, 1.54) is 69.3 Å². The maximum atomic E-state index is 5.22. The molecular formula is C33H18N2S. The Kier molecular flexibility index (Phi) is 3.45. The molecule has 5 aromatic carbocycles. The monoisotopic (exact) mass is 474 g/mol. The number of rotatable bonds is 1. The molecule has 0 unspecified atom stereocenters. The van der Waals surface area contributed by atoms with Gasteiger partial charge in [-0.1, -0.05) is 78.9 Å². The number of nitrogens with zero attached hydrogens (tertiary/aromatic N) is 2. The summed E-state index contributed by atoms with van der Waals surface area (Å²) in [5.74, 6) is 0. The number of thiophene rings is 1. The predicted molar refractivity (Wildman–Crippen MR) is 155 cm³/mol. The van der Waals surface area contributed by atoms with Crippen molar-refractivity contribution in [3.8, 4) is 11.1 Å². The third-order valence-electron chi connectivity index (χ3n) is 7.69. The summed E-state index contributed by atoms with van der Waals surface area (Å²) in [5.41, 5.74) is 7.03. The van der Waals surface area contributed by atoms with Crippen LogP contribution in [-0.4, -0.2) is 9.38 Å². The molecule has 0 N–H and O–H groups in total. The molecule has 0 aliphatic carbocycles. The fraction of sp³-hybridized carbons (Fsp3) is 0. The molecule has 9 rings (SSSR count). The first-order valence-electron chi connectivity index (χ1n) is 12.2. The molecule has 0 atom stereocenters. The molecule has 0 saturated carbocycles. The average molecular weight is 475 g/mol. The van der Waals surface area contributed by atoms with Crippen LogP contribution in [0.25, 0.3) is 80.4 Å². The lowest BCUT2D eigenvalue weighted by Crippen LogP contribution is -1.86. The number of pyridine rings is 1. The summed E-state index contributed by atoms with van der Waals surface area (Å²) in [7, 11) is 0. The molecule has 36 heavy (non-hydrogen) atoms. The Bertz CT molecular complexity index is 2300. The molecule has 0 bridgehead atoms. The Morgan fingerprint density at radius 2 is 1.42 bits per heavy atom. The average Bonchev–Trinajstić information content (AvgIpc) is 3.57. The highest BCUT2D eigenvalue weighted by atomic mass is 32.1. The topological polar surface area (TPSA) is 17.3 Å². The zero-order valence-corrected chi connectivity index (χ0v) is 20.0. The number of hydrogen-bond donors (Lipinski definition) is 0. The van der Waals surface area contributed by atoms with Gasteiger partial charge in [-0.2, -0.15) is 0 Å². The highest BCUT2D eigenvalue weighted by Gasteiger charge is 2.23. The lowest BCUT2D eigenvalue weighted by molar-refractivity contribution is 1.30. The van der Waals surface area contributed by atoms with E-state index in [1.54, 1.807) is 0 Å². The highest BCUT2D eigenvalue weighted by molar-refractivity contribution is 7.26. The van der Waals surface area contributed by atoms with Gasteiger partial charge in [0.05, 0.1) is 16.6 Å². The van der Waals surface area contributed by atoms with E-state index < -0.39 is 0 Å². The van der Waals surface area contributed by atoms with Gasteiger partial charge in [-0.25, -0.2) is 4.98 Å². The van der Waals surface area contributed by atoms with Crippen LogP contribution in [0.5, 0.6) is 0 Å². The maximum absolute atomic E-state index is 5.22. The minimum absolute atomic E-state index is 1.03. The van der Waals surface area contributed by atoms with E-state index in [9.17, 15) is 0 Å². The zero-order valence-electron chi connectivity index (χ0n) is 19.2. The van der Waals surface area contributed by atoms with E-state index in [-0.39, 0.29) is 0 Å². The standard InChI is InChI=1S/C33H18N2S/c1-2-8-19(9-3-1)20-14-15-23-28(17-20)35-31-24(26-16-21-10-4-6-12-27(21)34-33(26)35)18-25-22-11-5-7-13-29(22)36-32(25)30(23)31/h1-18H. The van der Waals surface area contributed by atoms with Crippen LogP contribution in [0.3, 0.4) is 0 Å². The molecule has 3 heteroatoms. The second kappa shape index (κ2) is 6.60. The van der Waals surface area contributed by atoms with Crippen LogP contribution in [0, 0.1) is 0 Å². The first-order valence-corrected chi connectivity index (χ1v) is 13.1. The van der Waals surface area contributed by atoms with Crippen molar-refractivity contribution in [2.24, 2.45) is 0 Å². The smallest absolute Gasteiger partial charge is 0.146 e. The largest absolute Gasteiger partial charge is 0.293 e. The van der Waals surface area contributed by atoms with Crippen LogP contribution >= 0.6 is 11.3 Å². The Morgan fingerprint density at radius 3 is 2.36 bits per heavy atom. The van der Waals surface area contributed by atoms with Gasteiger partial charge in [0.1, 0.15) is 5.65 Å².